The van der Waals surface area contributed by atoms with Gasteiger partial charge in [0.25, 0.3) is 11.8 Å². The van der Waals surface area contributed by atoms with E-state index in [1.165, 1.54) is 25.3 Å². The van der Waals surface area contributed by atoms with E-state index in [1.807, 2.05) is 60.0 Å². The highest BCUT2D eigenvalue weighted by Gasteiger charge is 2.53. The van der Waals surface area contributed by atoms with Crippen molar-refractivity contribution in [1.29, 1.82) is 0 Å². The first kappa shape index (κ1) is 26.3. The average Bonchev–Trinajstić information content (AvgIpc) is 3.30. The quantitative estimate of drug-likeness (QED) is 0.302. The van der Waals surface area contributed by atoms with E-state index in [0.717, 1.165) is 47.7 Å². The minimum absolute atomic E-state index is 0.0148. The van der Waals surface area contributed by atoms with Gasteiger partial charge in [-0.25, -0.2) is 4.39 Å². The predicted molar refractivity (Wildman–Crippen MR) is 155 cm³/mol. The number of carbonyl (C=O) groups excluding carboxylic acids is 2. The highest BCUT2D eigenvalue weighted by atomic mass is 19.1. The van der Waals surface area contributed by atoms with Gasteiger partial charge in [0.1, 0.15) is 11.5 Å². The lowest BCUT2D eigenvalue weighted by atomic mass is 9.83. The Morgan fingerprint density at radius 3 is 2.38 bits per heavy atom. The summed E-state index contributed by atoms with van der Waals surface area (Å²) >= 11 is 0. The van der Waals surface area contributed by atoms with E-state index < -0.39 is 5.54 Å². The molecule has 1 atom stereocenters. The van der Waals surface area contributed by atoms with Crippen molar-refractivity contribution in [3.63, 3.8) is 0 Å². The fraction of sp³-hybridized carbons (Fsp3) is 0.353. The van der Waals surface area contributed by atoms with Gasteiger partial charge in [-0.3, -0.25) is 9.59 Å². The topological polar surface area (TPSA) is 54.3 Å². The van der Waals surface area contributed by atoms with Crippen LogP contribution in [0.5, 0.6) is 0 Å². The van der Waals surface area contributed by atoms with Gasteiger partial charge in [0.15, 0.2) is 5.54 Å². The Kier molecular flexibility index (Phi) is 7.18. The molecule has 1 aliphatic carbocycles. The largest absolute Gasteiger partial charge is 0.351 e. The number of hydrogen-bond donors (Lipinski definition) is 1. The molecule has 3 aromatic carbocycles. The summed E-state index contributed by atoms with van der Waals surface area (Å²) in [6.45, 7) is 2.26. The lowest BCUT2D eigenvalue weighted by Crippen LogP contribution is -2.64. The zero-order valence-corrected chi connectivity index (χ0v) is 23.0. The number of hydrogen-bond acceptors (Lipinski definition) is 2. The highest BCUT2D eigenvalue weighted by Crippen LogP contribution is 2.41. The molecule has 40 heavy (non-hydrogen) atoms. The summed E-state index contributed by atoms with van der Waals surface area (Å²) in [4.78, 5) is 30.8. The van der Waals surface area contributed by atoms with Gasteiger partial charge in [0, 0.05) is 22.5 Å². The van der Waals surface area contributed by atoms with Gasteiger partial charge in [-0.2, -0.15) is 0 Å². The fourth-order valence-electron chi connectivity index (χ4n) is 6.53. The predicted octanol–water partition coefficient (Wildman–Crippen LogP) is 6.87. The van der Waals surface area contributed by atoms with Gasteiger partial charge in [-0.15, -0.1) is 0 Å². The zero-order chi connectivity index (χ0) is 27.7. The second-order valence-corrected chi connectivity index (χ2v) is 11.4. The first-order valence-corrected chi connectivity index (χ1v) is 14.5. The highest BCUT2D eigenvalue weighted by molar-refractivity contribution is 6.04. The van der Waals surface area contributed by atoms with Crippen LogP contribution in [0.25, 0.3) is 10.9 Å². The van der Waals surface area contributed by atoms with E-state index in [4.69, 9.17) is 0 Å². The Labute approximate surface area is 235 Å². The lowest BCUT2D eigenvalue weighted by Gasteiger charge is -2.47. The van der Waals surface area contributed by atoms with E-state index in [1.54, 1.807) is 23.1 Å². The molecule has 6 heteroatoms. The van der Waals surface area contributed by atoms with Gasteiger partial charge in [0.05, 0.1) is 13.1 Å². The second-order valence-electron chi connectivity index (χ2n) is 11.4. The van der Waals surface area contributed by atoms with Crippen LogP contribution in [0.4, 0.5) is 4.39 Å². The third-order valence-electron chi connectivity index (χ3n) is 8.73. The summed E-state index contributed by atoms with van der Waals surface area (Å²) in [6, 6.07) is 24.1. The number of amides is 2. The molecule has 0 radical (unpaired) electrons. The first-order chi connectivity index (χ1) is 19.5. The maximum atomic E-state index is 15.0. The van der Waals surface area contributed by atoms with Gasteiger partial charge in [-0.1, -0.05) is 92.8 Å². The number of halogens is 1. The summed E-state index contributed by atoms with van der Waals surface area (Å²) in [5, 5.41) is 4.34. The molecule has 206 valence electrons. The van der Waals surface area contributed by atoms with Crippen LogP contribution in [0.2, 0.25) is 0 Å². The van der Waals surface area contributed by atoms with E-state index in [-0.39, 0.29) is 36.8 Å². The Morgan fingerprint density at radius 1 is 0.925 bits per heavy atom. The van der Waals surface area contributed by atoms with Gasteiger partial charge in [0.2, 0.25) is 0 Å². The van der Waals surface area contributed by atoms with Crippen molar-refractivity contribution in [1.82, 2.24) is 14.8 Å². The summed E-state index contributed by atoms with van der Waals surface area (Å²) in [5.41, 5.74) is 2.28. The van der Waals surface area contributed by atoms with E-state index in [9.17, 15) is 9.59 Å². The number of nitrogens with zero attached hydrogens (tertiary/aromatic N) is 2. The molecule has 2 amide bonds. The van der Waals surface area contributed by atoms with Crippen molar-refractivity contribution < 1.29 is 14.0 Å². The Morgan fingerprint density at radius 2 is 1.62 bits per heavy atom. The van der Waals surface area contributed by atoms with Crippen LogP contribution in [0.3, 0.4) is 0 Å². The maximum absolute atomic E-state index is 15.0. The molecule has 5 nitrogen and oxygen atoms in total. The fourth-order valence-corrected chi connectivity index (χ4v) is 6.53. The number of carbonyl (C=O) groups is 2. The molecule has 4 aromatic rings. The summed E-state index contributed by atoms with van der Waals surface area (Å²) in [6.07, 6.45) is 7.59. The summed E-state index contributed by atoms with van der Waals surface area (Å²) in [5.74, 6) is -0.867. The molecule has 2 heterocycles. The normalized spacial score (nSPS) is 20.1. The van der Waals surface area contributed by atoms with E-state index in [0.29, 0.717) is 11.3 Å². The van der Waals surface area contributed by atoms with Crippen LogP contribution in [0.1, 0.15) is 72.1 Å². The molecular weight excluding hydrogens is 501 g/mol. The molecule has 2 aliphatic rings. The van der Waals surface area contributed by atoms with Crippen LogP contribution < -0.4 is 5.32 Å². The molecule has 1 aromatic heterocycles. The van der Waals surface area contributed by atoms with Crippen molar-refractivity contribution in [3.8, 4) is 0 Å². The molecule has 1 unspecified atom stereocenters. The standard InChI is InChI=1S/C34H36FN3O2/c1-24-18-19-25-21-31-32(39)38(22-26-12-10-11-17-29(26)35)34(23-37(31)30(25)20-24,27-13-6-5-7-14-27)33(40)36-28-15-8-3-2-4-9-16-28/h5-7,10-14,17-21,28H,2-4,8-9,15-16,22-23H2,1H3,(H,36,40). The van der Waals surface area contributed by atoms with Crippen LogP contribution >= 0.6 is 0 Å². The Bertz CT molecular complexity index is 1540. The minimum atomic E-state index is -1.36. The maximum Gasteiger partial charge on any atom is 0.272 e. The molecular formula is C34H36FN3O2. The molecule has 1 saturated carbocycles. The third-order valence-corrected chi connectivity index (χ3v) is 8.73. The number of aryl methyl sites for hydroxylation is 1. The molecule has 1 fully saturated rings. The molecule has 6 rings (SSSR count). The first-order valence-electron chi connectivity index (χ1n) is 14.5. The summed E-state index contributed by atoms with van der Waals surface area (Å²) < 4.78 is 17.0. The average molecular weight is 538 g/mol. The Hall–Kier alpha value is -3.93. The number of aromatic nitrogens is 1. The lowest BCUT2D eigenvalue weighted by molar-refractivity contribution is -0.136. The van der Waals surface area contributed by atoms with Crippen molar-refractivity contribution in [3.05, 3.63) is 107 Å². The van der Waals surface area contributed by atoms with Gasteiger partial charge < -0.3 is 14.8 Å². The van der Waals surface area contributed by atoms with E-state index >= 15 is 4.39 Å². The summed E-state index contributed by atoms with van der Waals surface area (Å²) in [7, 11) is 0. The van der Waals surface area contributed by atoms with Crippen LogP contribution in [0, 0.1) is 12.7 Å². The Balaban J connectivity index is 1.53. The van der Waals surface area contributed by atoms with E-state index in [2.05, 4.69) is 11.4 Å². The van der Waals surface area contributed by atoms with Crippen LogP contribution in [0.15, 0.2) is 78.9 Å². The monoisotopic (exact) mass is 537 g/mol. The smallest absolute Gasteiger partial charge is 0.272 e. The van der Waals surface area contributed by atoms with Gasteiger partial charge in [-0.05, 0) is 49.1 Å². The second kappa shape index (κ2) is 10.9. The molecule has 0 bridgehead atoms. The van der Waals surface area contributed by atoms with Crippen molar-refractivity contribution in [2.24, 2.45) is 0 Å². The number of nitrogens with one attached hydrogen (secondary N) is 1. The van der Waals surface area contributed by atoms with Gasteiger partial charge >= 0.3 is 0 Å². The van der Waals surface area contributed by atoms with Crippen molar-refractivity contribution in [2.75, 3.05) is 0 Å². The number of rotatable bonds is 5. The zero-order valence-electron chi connectivity index (χ0n) is 23.0. The molecule has 1 aliphatic heterocycles. The molecule has 0 saturated heterocycles. The van der Waals surface area contributed by atoms with Crippen LogP contribution in [-0.2, 0) is 23.4 Å². The number of fused-ring (bicyclic) bond motifs is 3. The van der Waals surface area contributed by atoms with Crippen molar-refractivity contribution >= 4 is 22.7 Å². The third kappa shape index (κ3) is 4.70. The van der Waals surface area contributed by atoms with Crippen LogP contribution in [-0.4, -0.2) is 27.3 Å². The van der Waals surface area contributed by atoms with Crippen molar-refractivity contribution in [2.45, 2.75) is 76.5 Å². The minimum Gasteiger partial charge on any atom is -0.351 e. The number of benzene rings is 3. The molecule has 0 spiro atoms. The SMILES string of the molecule is Cc1ccc2cc3n(c2c1)CC(C(=O)NC1CCCCCCC1)(c1ccccc1)N(Cc1ccccc1F)C3=O. The molecule has 1 N–H and O–H groups in total.